The highest BCUT2D eigenvalue weighted by atomic mass is 79.9. The summed E-state index contributed by atoms with van der Waals surface area (Å²) in [6.07, 6.45) is 2.21. The Hall–Kier alpha value is -0.390. The van der Waals surface area contributed by atoms with Crippen LogP contribution < -0.4 is 5.32 Å². The molecule has 1 aromatic rings. The third kappa shape index (κ3) is 5.24. The van der Waals surface area contributed by atoms with Gasteiger partial charge in [0.05, 0.1) is 14.9 Å². The van der Waals surface area contributed by atoms with Crippen molar-refractivity contribution in [2.45, 2.75) is 58.1 Å². The second-order valence-electron chi connectivity index (χ2n) is 5.79. The molecule has 0 spiro atoms. The van der Waals surface area contributed by atoms with Crippen LogP contribution in [0.2, 0.25) is 0 Å². The molecule has 1 amide bonds. The largest absolute Gasteiger partial charge is 0.388 e. The third-order valence-corrected chi connectivity index (χ3v) is 5.12. The van der Waals surface area contributed by atoms with Crippen LogP contribution in [0.5, 0.6) is 0 Å². The highest BCUT2D eigenvalue weighted by molar-refractivity contribution is 9.11. The number of hydrogen-bond donors (Lipinski definition) is 2. The predicted octanol–water partition coefficient (Wildman–Crippen LogP) is 3.50. The fourth-order valence-electron chi connectivity index (χ4n) is 1.47. The minimum absolute atomic E-state index is 0.0113. The Morgan fingerprint density at radius 1 is 1.37 bits per heavy atom. The first-order valence-electron chi connectivity index (χ1n) is 6.39. The maximum Gasteiger partial charge on any atom is 0.220 e. The van der Waals surface area contributed by atoms with Crippen molar-refractivity contribution in [2.75, 3.05) is 0 Å². The van der Waals surface area contributed by atoms with Crippen molar-refractivity contribution in [2.24, 2.45) is 0 Å². The average molecular weight is 348 g/mol. The molecule has 0 radical (unpaired) electrons. The summed E-state index contributed by atoms with van der Waals surface area (Å²) in [6.45, 7) is 7.08. The number of amides is 1. The van der Waals surface area contributed by atoms with Crippen LogP contribution in [0.3, 0.4) is 0 Å². The summed E-state index contributed by atoms with van der Waals surface area (Å²) in [6, 6.07) is 4.10. The first kappa shape index (κ1) is 16.7. The van der Waals surface area contributed by atoms with Gasteiger partial charge in [-0.3, -0.25) is 4.79 Å². The number of nitrogens with one attached hydrogen (secondary N) is 1. The number of thiophene rings is 1. The quantitative estimate of drug-likeness (QED) is 0.827. The normalized spacial score (nSPS) is 12.5. The van der Waals surface area contributed by atoms with Crippen LogP contribution in [0.15, 0.2) is 15.9 Å². The number of carbonyl (C=O) groups is 1. The molecule has 0 aliphatic carbocycles. The Morgan fingerprint density at radius 3 is 2.47 bits per heavy atom. The Labute approximate surface area is 127 Å². The second-order valence-corrected chi connectivity index (χ2v) is 8.34. The monoisotopic (exact) mass is 347 g/mol. The molecule has 0 saturated carbocycles. The first-order valence-corrected chi connectivity index (χ1v) is 8.00. The smallest absolute Gasteiger partial charge is 0.220 e. The Bertz CT molecular complexity index is 435. The van der Waals surface area contributed by atoms with Crippen molar-refractivity contribution in [1.29, 1.82) is 0 Å². The zero-order chi connectivity index (χ0) is 14.7. The maximum absolute atomic E-state index is 11.9. The molecule has 108 valence electrons. The molecule has 2 N–H and O–H groups in total. The van der Waals surface area contributed by atoms with Gasteiger partial charge in [0.1, 0.15) is 0 Å². The molecule has 0 fully saturated rings. The minimum atomic E-state index is -0.943. The molecule has 0 saturated heterocycles. The van der Waals surface area contributed by atoms with Crippen molar-refractivity contribution in [3.05, 3.63) is 20.8 Å². The van der Waals surface area contributed by atoms with Crippen LogP contribution in [0.4, 0.5) is 0 Å². The maximum atomic E-state index is 11.9. The molecular weight excluding hydrogens is 326 g/mol. The summed E-state index contributed by atoms with van der Waals surface area (Å²) in [7, 11) is 0. The lowest BCUT2D eigenvalue weighted by molar-refractivity contribution is -0.126. The summed E-state index contributed by atoms with van der Waals surface area (Å²) >= 11 is 5.13. The summed E-state index contributed by atoms with van der Waals surface area (Å²) < 4.78 is 1.12. The molecule has 0 unspecified atom stereocenters. The van der Waals surface area contributed by atoms with Gasteiger partial charge in [-0.05, 0) is 68.6 Å². The van der Waals surface area contributed by atoms with Crippen molar-refractivity contribution in [1.82, 2.24) is 5.32 Å². The molecule has 1 heterocycles. The van der Waals surface area contributed by atoms with Crippen molar-refractivity contribution in [3.63, 3.8) is 0 Å². The molecule has 0 aliphatic heterocycles. The fourth-order valence-corrected chi connectivity index (χ4v) is 3.00. The van der Waals surface area contributed by atoms with Crippen molar-refractivity contribution in [3.8, 4) is 0 Å². The summed E-state index contributed by atoms with van der Waals surface area (Å²) in [5, 5.41) is 12.9. The zero-order valence-electron chi connectivity index (χ0n) is 11.9. The van der Waals surface area contributed by atoms with Crippen LogP contribution in [-0.2, 0) is 11.2 Å². The van der Waals surface area contributed by atoms with Crippen LogP contribution in [0.25, 0.3) is 0 Å². The first-order chi connectivity index (χ1) is 8.62. The van der Waals surface area contributed by atoms with E-state index in [9.17, 15) is 9.90 Å². The van der Waals surface area contributed by atoms with E-state index in [0.717, 1.165) is 16.6 Å². The molecule has 1 aromatic heterocycles. The molecule has 0 bridgehead atoms. The number of aryl methyl sites for hydroxylation is 1. The van der Waals surface area contributed by atoms with E-state index in [1.165, 1.54) is 4.88 Å². The van der Waals surface area contributed by atoms with Crippen LogP contribution >= 0.6 is 27.3 Å². The standard InChI is InChI=1S/C14H22BrNO2S/c1-13(2,14(3,4)18)16-12(17)7-5-6-10-8-9-11(15)19-10/h8-9,18H,5-7H2,1-4H3,(H,16,17). The number of carbonyl (C=O) groups excluding carboxylic acids is 1. The predicted molar refractivity (Wildman–Crippen MR) is 83.5 cm³/mol. The lowest BCUT2D eigenvalue weighted by Crippen LogP contribution is -2.57. The molecule has 1 rings (SSSR count). The van der Waals surface area contributed by atoms with E-state index in [4.69, 9.17) is 0 Å². The Morgan fingerprint density at radius 2 is 2.00 bits per heavy atom. The van der Waals surface area contributed by atoms with E-state index >= 15 is 0 Å². The SMILES string of the molecule is CC(C)(O)C(C)(C)NC(=O)CCCc1ccc(Br)s1. The van der Waals surface area contributed by atoms with Gasteiger partial charge in [0.15, 0.2) is 0 Å². The van der Waals surface area contributed by atoms with Crippen LogP contribution in [0.1, 0.15) is 45.4 Å². The van der Waals surface area contributed by atoms with E-state index in [1.54, 1.807) is 25.2 Å². The number of halogens is 1. The van der Waals surface area contributed by atoms with Gasteiger partial charge in [0.2, 0.25) is 5.91 Å². The van der Waals surface area contributed by atoms with E-state index in [0.29, 0.717) is 6.42 Å². The molecule has 0 aromatic carbocycles. The Balaban J connectivity index is 2.36. The fraction of sp³-hybridized carbons (Fsp3) is 0.643. The number of aliphatic hydroxyl groups is 1. The van der Waals surface area contributed by atoms with Gasteiger partial charge in [0.25, 0.3) is 0 Å². The average Bonchev–Trinajstić information content (AvgIpc) is 2.61. The minimum Gasteiger partial charge on any atom is -0.388 e. The zero-order valence-corrected chi connectivity index (χ0v) is 14.3. The highest BCUT2D eigenvalue weighted by Gasteiger charge is 2.35. The Kier molecular flexibility index (Phi) is 5.59. The number of rotatable bonds is 6. The molecule has 0 atom stereocenters. The van der Waals surface area contributed by atoms with Gasteiger partial charge in [-0.25, -0.2) is 0 Å². The molecule has 19 heavy (non-hydrogen) atoms. The van der Waals surface area contributed by atoms with Gasteiger partial charge in [-0.15, -0.1) is 11.3 Å². The van der Waals surface area contributed by atoms with Gasteiger partial charge >= 0.3 is 0 Å². The summed E-state index contributed by atoms with van der Waals surface area (Å²) in [4.78, 5) is 13.2. The molecule has 3 nitrogen and oxygen atoms in total. The van der Waals surface area contributed by atoms with E-state index in [1.807, 2.05) is 19.9 Å². The molecular formula is C14H22BrNO2S. The van der Waals surface area contributed by atoms with Crippen LogP contribution in [-0.4, -0.2) is 22.2 Å². The lowest BCUT2D eigenvalue weighted by atomic mass is 9.86. The molecule has 0 aliphatic rings. The van der Waals surface area contributed by atoms with E-state index in [-0.39, 0.29) is 5.91 Å². The van der Waals surface area contributed by atoms with E-state index < -0.39 is 11.1 Å². The van der Waals surface area contributed by atoms with E-state index in [2.05, 4.69) is 27.3 Å². The van der Waals surface area contributed by atoms with Gasteiger partial charge in [-0.2, -0.15) is 0 Å². The van der Waals surface area contributed by atoms with Gasteiger partial charge in [0, 0.05) is 11.3 Å². The highest BCUT2D eigenvalue weighted by Crippen LogP contribution is 2.24. The third-order valence-electron chi connectivity index (χ3n) is 3.44. The van der Waals surface area contributed by atoms with Gasteiger partial charge < -0.3 is 10.4 Å². The molecule has 5 heteroatoms. The second kappa shape index (κ2) is 6.37. The van der Waals surface area contributed by atoms with Crippen molar-refractivity contribution >= 4 is 33.2 Å². The van der Waals surface area contributed by atoms with Crippen LogP contribution in [0, 0.1) is 0 Å². The lowest BCUT2D eigenvalue weighted by Gasteiger charge is -2.38. The summed E-state index contributed by atoms with van der Waals surface area (Å²) in [5.41, 5.74) is -1.57. The topological polar surface area (TPSA) is 49.3 Å². The summed E-state index contributed by atoms with van der Waals surface area (Å²) in [5.74, 6) is -0.0113. The number of hydrogen-bond acceptors (Lipinski definition) is 3. The van der Waals surface area contributed by atoms with Gasteiger partial charge in [-0.1, -0.05) is 0 Å². The van der Waals surface area contributed by atoms with Crippen molar-refractivity contribution < 1.29 is 9.90 Å².